The number of Topliss-reactive ketones (excluding diaryl/α,β-unsaturated/α-hetero) is 1. The predicted octanol–water partition coefficient (Wildman–Crippen LogP) is -8.52. The van der Waals surface area contributed by atoms with Crippen molar-refractivity contribution in [3.63, 3.8) is 0 Å². The van der Waals surface area contributed by atoms with Crippen LogP contribution in [0.15, 0.2) is 0 Å². The Morgan fingerprint density at radius 1 is 1.14 bits per heavy atom. The number of aliphatic carboxylic acids is 2. The van der Waals surface area contributed by atoms with Gasteiger partial charge in [0.25, 0.3) is 0 Å². The number of hydrogen-bond acceptors (Lipinski definition) is 5. The molecule has 0 saturated heterocycles. The average Bonchev–Trinajstić information content (AvgIpc) is 1.98. The zero-order valence-corrected chi connectivity index (χ0v) is 8.53. The summed E-state index contributed by atoms with van der Waals surface area (Å²) in [5.74, 6) is -5.48. The van der Waals surface area contributed by atoms with Crippen LogP contribution in [0, 0.1) is 5.92 Å². The van der Waals surface area contributed by atoms with E-state index in [0.717, 1.165) is 0 Å². The first kappa shape index (κ1) is 19.4. The van der Waals surface area contributed by atoms with Crippen molar-refractivity contribution in [2.75, 3.05) is 0 Å². The molecule has 0 N–H and O–H groups in total. The topological polar surface area (TPSA) is 97.3 Å². The van der Waals surface area contributed by atoms with Crippen LogP contribution in [0.2, 0.25) is 0 Å². The molecule has 5 nitrogen and oxygen atoms in total. The van der Waals surface area contributed by atoms with Gasteiger partial charge in [-0.1, -0.05) is 6.92 Å². The molecule has 1 atom stereocenters. The fraction of sp³-hybridized carbons (Fsp3) is 0.571. The van der Waals surface area contributed by atoms with Gasteiger partial charge in [-0.15, -0.1) is 0 Å². The first-order valence-corrected chi connectivity index (χ1v) is 3.44. The molecule has 0 spiro atoms. The van der Waals surface area contributed by atoms with Gasteiger partial charge in [0.15, 0.2) is 5.78 Å². The third-order valence-electron chi connectivity index (χ3n) is 1.48. The first-order chi connectivity index (χ1) is 5.49. The van der Waals surface area contributed by atoms with Crippen molar-refractivity contribution in [1.29, 1.82) is 0 Å². The van der Waals surface area contributed by atoms with Gasteiger partial charge in [-0.05, 0) is 12.8 Å². The monoisotopic (exact) mass is 186 g/mol. The van der Waals surface area contributed by atoms with E-state index in [1.54, 1.807) is 0 Å². The smallest absolute Gasteiger partial charge is 0.550 e. The molecular formula is C7H8Li2O5. The minimum Gasteiger partial charge on any atom is -0.550 e. The van der Waals surface area contributed by atoms with Gasteiger partial charge < -0.3 is 19.8 Å². The Hall–Kier alpha value is -0.195. The molecule has 0 aromatic carbocycles. The van der Waals surface area contributed by atoms with Crippen LogP contribution in [0.3, 0.4) is 0 Å². The maximum absolute atomic E-state index is 10.7. The van der Waals surface area contributed by atoms with Crippen LogP contribution in [-0.2, 0) is 14.4 Å². The minimum absolute atomic E-state index is 0. The molecule has 14 heavy (non-hydrogen) atoms. The number of hydrogen-bond donors (Lipinski definition) is 0. The van der Waals surface area contributed by atoms with Crippen molar-refractivity contribution in [2.45, 2.75) is 19.8 Å². The molecule has 0 saturated carbocycles. The van der Waals surface area contributed by atoms with Crippen LogP contribution in [0.25, 0.3) is 0 Å². The van der Waals surface area contributed by atoms with Crippen LogP contribution in [-0.4, -0.2) is 17.7 Å². The maximum Gasteiger partial charge on any atom is 1.00 e. The Bertz CT molecular complexity index is 216. The van der Waals surface area contributed by atoms with E-state index in [9.17, 15) is 24.6 Å². The third-order valence-corrected chi connectivity index (χ3v) is 1.48. The molecule has 0 radical (unpaired) electrons. The van der Waals surface area contributed by atoms with Gasteiger partial charge in [0, 0.05) is 11.9 Å². The summed E-state index contributed by atoms with van der Waals surface area (Å²) >= 11 is 0. The van der Waals surface area contributed by atoms with E-state index in [-0.39, 0.29) is 44.1 Å². The Kier molecular flexibility index (Phi) is 13.0. The summed E-state index contributed by atoms with van der Waals surface area (Å²) in [5, 5.41) is 20.0. The maximum atomic E-state index is 10.7. The van der Waals surface area contributed by atoms with Crippen LogP contribution >= 0.6 is 0 Å². The summed E-state index contributed by atoms with van der Waals surface area (Å²) in [4.78, 5) is 30.7. The molecule has 0 fully saturated rings. The summed E-state index contributed by atoms with van der Waals surface area (Å²) in [5.41, 5.74) is 0. The van der Waals surface area contributed by atoms with Crippen LogP contribution in [0.1, 0.15) is 19.8 Å². The van der Waals surface area contributed by atoms with Crippen molar-refractivity contribution in [1.82, 2.24) is 0 Å². The molecule has 7 heteroatoms. The molecule has 0 aliphatic heterocycles. The summed E-state index contributed by atoms with van der Waals surface area (Å²) in [6, 6.07) is 0. The Morgan fingerprint density at radius 3 is 1.79 bits per heavy atom. The summed E-state index contributed by atoms with van der Waals surface area (Å²) < 4.78 is 0. The van der Waals surface area contributed by atoms with E-state index in [2.05, 4.69) is 0 Å². The molecule has 0 amide bonds. The quantitative estimate of drug-likeness (QED) is 0.313. The first-order valence-electron chi connectivity index (χ1n) is 3.44. The molecule has 1 unspecified atom stereocenters. The van der Waals surface area contributed by atoms with Crippen molar-refractivity contribution < 1.29 is 62.3 Å². The molecule has 0 aromatic heterocycles. The van der Waals surface area contributed by atoms with Gasteiger partial charge in [0.2, 0.25) is 0 Å². The van der Waals surface area contributed by atoms with Gasteiger partial charge in [-0.3, -0.25) is 4.79 Å². The van der Waals surface area contributed by atoms with E-state index in [1.807, 2.05) is 0 Å². The van der Waals surface area contributed by atoms with E-state index >= 15 is 0 Å². The van der Waals surface area contributed by atoms with E-state index in [1.165, 1.54) is 6.92 Å². The normalized spacial score (nSPS) is 10.4. The van der Waals surface area contributed by atoms with Gasteiger partial charge in [0.1, 0.15) is 5.97 Å². The largest absolute Gasteiger partial charge is 1.00 e. The Morgan fingerprint density at radius 2 is 1.57 bits per heavy atom. The number of carboxylic acid groups (broad SMARTS) is 2. The van der Waals surface area contributed by atoms with Crippen LogP contribution in [0.5, 0.6) is 0 Å². The Balaban J connectivity index is -0.000000605. The summed E-state index contributed by atoms with van der Waals surface area (Å²) in [6.07, 6.45) is -0.413. The van der Waals surface area contributed by atoms with E-state index < -0.39 is 30.1 Å². The number of ketones is 1. The second-order valence-corrected chi connectivity index (χ2v) is 2.33. The fourth-order valence-electron chi connectivity index (χ4n) is 0.790. The van der Waals surface area contributed by atoms with E-state index in [4.69, 9.17) is 0 Å². The SMILES string of the molecule is CCC(CC(=O)[O-])C(=O)C(=O)[O-].[Li+].[Li+]. The molecule has 0 aliphatic carbocycles. The molecule has 68 valence electrons. The summed E-state index contributed by atoms with van der Waals surface area (Å²) in [6.45, 7) is 1.52. The zero-order valence-electron chi connectivity index (χ0n) is 8.53. The number of carbonyl (C=O) groups is 3. The third kappa shape index (κ3) is 7.23. The van der Waals surface area contributed by atoms with Crippen molar-refractivity contribution >= 4 is 17.7 Å². The van der Waals surface area contributed by atoms with Crippen molar-refractivity contribution in [3.05, 3.63) is 0 Å². The standard InChI is InChI=1S/C7H10O5.2Li/c1-2-4(3-5(8)9)6(10)7(11)12;;/h4H,2-3H2,1H3,(H,8,9)(H,11,12);;/q;2*+1/p-2. The minimum atomic E-state index is -1.84. The van der Waals surface area contributed by atoms with Crippen LogP contribution < -0.4 is 47.9 Å². The van der Waals surface area contributed by atoms with Gasteiger partial charge in [0.05, 0.1) is 0 Å². The van der Waals surface area contributed by atoms with Gasteiger partial charge in [-0.25, -0.2) is 0 Å². The Labute approximate surface area is 106 Å². The van der Waals surface area contributed by atoms with Gasteiger partial charge in [-0.2, -0.15) is 0 Å². The number of carbonyl (C=O) groups excluding carboxylic acids is 3. The van der Waals surface area contributed by atoms with Crippen LogP contribution in [0.4, 0.5) is 0 Å². The number of carboxylic acids is 2. The molecule has 0 aromatic rings. The molecule has 0 heterocycles. The molecule has 0 bridgehead atoms. The second-order valence-electron chi connectivity index (χ2n) is 2.33. The zero-order chi connectivity index (χ0) is 9.72. The van der Waals surface area contributed by atoms with Gasteiger partial charge >= 0.3 is 37.7 Å². The average molecular weight is 186 g/mol. The summed E-state index contributed by atoms with van der Waals surface area (Å²) in [7, 11) is 0. The van der Waals surface area contributed by atoms with Crippen molar-refractivity contribution in [3.8, 4) is 0 Å². The molecular weight excluding hydrogens is 178 g/mol. The number of rotatable bonds is 5. The molecule has 0 rings (SSSR count). The predicted molar refractivity (Wildman–Crippen MR) is 33.4 cm³/mol. The second kappa shape index (κ2) is 9.36. The van der Waals surface area contributed by atoms with Crippen molar-refractivity contribution in [2.24, 2.45) is 5.92 Å². The van der Waals surface area contributed by atoms with E-state index in [0.29, 0.717) is 0 Å². The molecule has 0 aliphatic rings. The fourth-order valence-corrected chi connectivity index (χ4v) is 0.790.